The van der Waals surface area contributed by atoms with Crippen LogP contribution in [0.5, 0.6) is 0 Å². The van der Waals surface area contributed by atoms with Gasteiger partial charge < -0.3 is 9.97 Å². The van der Waals surface area contributed by atoms with Crippen LogP contribution in [0, 0.1) is 0 Å². The standard InChI is InChI=1S/C54H38Cl4N4/c55-36-11-3-32(4-12-36)51-43-31-44(42-22-20-40(19-21-41(42)43)62-29-1-2-30-62)52(33-5-13-37(56)14-6-33)46-24-26-48(60-46)54(35-9-17-39(58)18-10-35)50-28-27-49(61-50)53(47-25-23-45(51)59-47)34-7-15-38(57)16-8-34/h3-28,31,40,59-60H,1-2,29-30H2. The first-order valence-corrected chi connectivity index (χ1v) is 22.4. The Kier molecular flexibility index (Phi) is 10.1. The minimum absolute atomic E-state index is 0.185. The van der Waals surface area contributed by atoms with Crippen molar-refractivity contribution in [1.29, 1.82) is 0 Å². The van der Waals surface area contributed by atoms with E-state index in [9.17, 15) is 0 Å². The largest absolute Gasteiger partial charge is 0.354 e. The number of aromatic amines is 2. The van der Waals surface area contributed by atoms with Crippen molar-refractivity contribution in [3.63, 3.8) is 0 Å². The number of halogens is 4. The predicted octanol–water partition coefficient (Wildman–Crippen LogP) is 15.9. The summed E-state index contributed by atoms with van der Waals surface area (Å²) in [5, 5.41) is 2.70. The molecule has 4 nitrogen and oxygen atoms in total. The van der Waals surface area contributed by atoms with Crippen LogP contribution in [0.3, 0.4) is 0 Å². The molecule has 4 aromatic carbocycles. The Labute approximate surface area is 380 Å². The number of benzene rings is 4. The summed E-state index contributed by atoms with van der Waals surface area (Å²) in [6.45, 7) is 2.17. The van der Waals surface area contributed by atoms with Crippen molar-refractivity contribution < 1.29 is 0 Å². The molecule has 2 N–H and O–H groups in total. The van der Waals surface area contributed by atoms with Gasteiger partial charge in [0.15, 0.2) is 0 Å². The van der Waals surface area contributed by atoms with Gasteiger partial charge in [-0.3, -0.25) is 4.90 Å². The monoisotopic (exact) mass is 882 g/mol. The molecule has 8 bridgehead atoms. The molecule has 0 unspecified atom stereocenters. The van der Waals surface area contributed by atoms with Crippen LogP contribution in [0.1, 0.15) is 35.4 Å². The molecule has 302 valence electrons. The molecule has 2 aliphatic heterocycles. The summed E-state index contributed by atoms with van der Waals surface area (Å²) in [6.07, 6.45) is 16.1. The van der Waals surface area contributed by atoms with Crippen molar-refractivity contribution >= 4 is 91.8 Å². The second-order valence-corrected chi connectivity index (χ2v) is 17.8. The molecule has 4 aliphatic rings. The van der Waals surface area contributed by atoms with E-state index in [1.807, 2.05) is 48.5 Å². The first kappa shape index (κ1) is 39.0. The third-order valence-electron chi connectivity index (χ3n) is 12.3. The van der Waals surface area contributed by atoms with E-state index >= 15 is 0 Å². The number of H-pyrrole nitrogens is 2. The molecule has 8 heteroatoms. The van der Waals surface area contributed by atoms with Gasteiger partial charge in [0.05, 0.1) is 11.4 Å². The minimum atomic E-state index is 0.185. The summed E-state index contributed by atoms with van der Waals surface area (Å²) in [4.78, 5) is 15.8. The highest BCUT2D eigenvalue weighted by Gasteiger charge is 2.27. The van der Waals surface area contributed by atoms with Gasteiger partial charge >= 0.3 is 0 Å². The zero-order valence-corrected chi connectivity index (χ0v) is 36.4. The molecule has 0 atom stereocenters. The molecule has 3 aromatic heterocycles. The molecule has 0 spiro atoms. The molecule has 0 saturated carbocycles. The second-order valence-electron chi connectivity index (χ2n) is 16.1. The van der Waals surface area contributed by atoms with Gasteiger partial charge in [-0.1, -0.05) is 119 Å². The summed E-state index contributed by atoms with van der Waals surface area (Å²) in [6, 6.07) is 43.5. The molecule has 1 fully saturated rings. The number of fused-ring (bicyclic) bond motifs is 10. The van der Waals surface area contributed by atoms with E-state index in [2.05, 4.69) is 130 Å². The molecule has 62 heavy (non-hydrogen) atoms. The van der Waals surface area contributed by atoms with Crippen molar-refractivity contribution in [3.8, 4) is 44.5 Å². The molecule has 5 heterocycles. The second kappa shape index (κ2) is 16.1. The van der Waals surface area contributed by atoms with Crippen molar-refractivity contribution in [2.24, 2.45) is 0 Å². The summed E-state index contributed by atoms with van der Waals surface area (Å²) in [5.41, 5.74) is 18.1. The van der Waals surface area contributed by atoms with Crippen LogP contribution in [0.25, 0.3) is 89.9 Å². The lowest BCUT2D eigenvalue weighted by atomic mass is 9.95. The maximum atomic E-state index is 6.57. The van der Waals surface area contributed by atoms with Crippen LogP contribution >= 0.6 is 46.4 Å². The number of rotatable bonds is 5. The minimum Gasteiger partial charge on any atom is -0.354 e. The highest BCUT2D eigenvalue weighted by Crippen LogP contribution is 2.47. The molecule has 0 amide bonds. The van der Waals surface area contributed by atoms with Gasteiger partial charge in [0.1, 0.15) is 0 Å². The Bertz CT molecular complexity index is 2990. The topological polar surface area (TPSA) is 47.7 Å². The number of nitrogens with one attached hydrogen (secondary N) is 2. The van der Waals surface area contributed by atoms with Gasteiger partial charge in [0.25, 0.3) is 0 Å². The van der Waals surface area contributed by atoms with E-state index in [-0.39, 0.29) is 6.04 Å². The van der Waals surface area contributed by atoms with Crippen LogP contribution in [-0.4, -0.2) is 39.0 Å². The van der Waals surface area contributed by atoms with Crippen molar-refractivity contribution in [1.82, 2.24) is 19.9 Å². The highest BCUT2D eigenvalue weighted by atomic mass is 35.5. The average molecular weight is 885 g/mol. The molecule has 0 radical (unpaired) electrons. The van der Waals surface area contributed by atoms with Crippen LogP contribution in [-0.2, 0) is 0 Å². The molecular formula is C54H38Cl4N4. The number of aromatic nitrogens is 3. The van der Waals surface area contributed by atoms with E-state index < -0.39 is 0 Å². The average Bonchev–Trinajstić information content (AvgIpc) is 4.15. The van der Waals surface area contributed by atoms with Crippen LogP contribution in [0.4, 0.5) is 0 Å². The molecular weight excluding hydrogens is 846 g/mol. The Hall–Kier alpha value is -5.85. The number of nitrogens with zero attached hydrogens (tertiary/aromatic N) is 2. The SMILES string of the molecule is Clc1ccc(-c2c3cc(c(-c4ccc(Cl)cc4)c4ccc([nH]4)c(-c4ccc(Cl)cc4)c4nc(c(-c5ccc(Cl)cc5)c5ccc2[nH]5)C=C4)C2=C3C=CC(N3CCCC3)C=C2)cc1. The van der Waals surface area contributed by atoms with Gasteiger partial charge in [0.2, 0.25) is 0 Å². The van der Waals surface area contributed by atoms with E-state index in [1.54, 1.807) is 0 Å². The lowest BCUT2D eigenvalue weighted by Gasteiger charge is -2.21. The molecule has 1 saturated heterocycles. The van der Waals surface area contributed by atoms with Gasteiger partial charge in [-0.15, -0.1) is 0 Å². The third-order valence-corrected chi connectivity index (χ3v) is 13.3. The van der Waals surface area contributed by atoms with Gasteiger partial charge in [-0.05, 0) is 161 Å². The van der Waals surface area contributed by atoms with E-state index in [0.29, 0.717) is 20.1 Å². The lowest BCUT2D eigenvalue weighted by molar-refractivity contribution is 0.323. The molecule has 7 aromatic rings. The van der Waals surface area contributed by atoms with Gasteiger partial charge in [-0.25, -0.2) is 4.98 Å². The first-order chi connectivity index (χ1) is 30.3. The van der Waals surface area contributed by atoms with Gasteiger partial charge in [-0.2, -0.15) is 0 Å². The number of hydrogen-bond acceptors (Lipinski definition) is 2. The van der Waals surface area contributed by atoms with Crippen LogP contribution in [0.2, 0.25) is 20.1 Å². The van der Waals surface area contributed by atoms with Crippen molar-refractivity contribution in [2.75, 3.05) is 13.1 Å². The Balaban J connectivity index is 1.33. The van der Waals surface area contributed by atoms with Crippen molar-refractivity contribution in [2.45, 2.75) is 18.9 Å². The maximum absolute atomic E-state index is 6.57. The maximum Gasteiger partial charge on any atom is 0.0737 e. The fraction of sp³-hybridized carbons (Fsp3) is 0.0926. The predicted molar refractivity (Wildman–Crippen MR) is 264 cm³/mol. The van der Waals surface area contributed by atoms with Crippen LogP contribution < -0.4 is 0 Å². The van der Waals surface area contributed by atoms with E-state index in [1.165, 1.54) is 12.8 Å². The Morgan fingerprint density at radius 1 is 0.419 bits per heavy atom. The third kappa shape index (κ3) is 7.16. The van der Waals surface area contributed by atoms with Gasteiger partial charge in [0, 0.05) is 70.5 Å². The fourth-order valence-electron chi connectivity index (χ4n) is 9.38. The Morgan fingerprint density at radius 2 is 0.758 bits per heavy atom. The Morgan fingerprint density at radius 3 is 1.13 bits per heavy atom. The molecule has 2 aliphatic carbocycles. The first-order valence-electron chi connectivity index (χ1n) is 20.8. The number of hydrogen-bond donors (Lipinski definition) is 2. The summed E-state index contributed by atoms with van der Waals surface area (Å²) in [5.74, 6) is 0. The zero-order chi connectivity index (χ0) is 41.9. The van der Waals surface area contributed by atoms with E-state index in [0.717, 1.165) is 113 Å². The summed E-state index contributed by atoms with van der Waals surface area (Å²) >= 11 is 26.1. The van der Waals surface area contributed by atoms with Crippen molar-refractivity contribution in [3.05, 3.63) is 194 Å². The van der Waals surface area contributed by atoms with Crippen LogP contribution in [0.15, 0.2) is 152 Å². The summed E-state index contributed by atoms with van der Waals surface area (Å²) < 4.78 is 0. The molecule has 11 rings (SSSR count). The van der Waals surface area contributed by atoms with E-state index in [4.69, 9.17) is 51.4 Å². The normalized spacial score (nSPS) is 15.1. The smallest absolute Gasteiger partial charge is 0.0737 e. The lowest BCUT2D eigenvalue weighted by Crippen LogP contribution is -2.29. The number of likely N-dealkylation sites (tertiary alicyclic amines) is 1. The number of allylic oxidation sites excluding steroid dienone is 4. The quantitative estimate of drug-likeness (QED) is 0.181. The summed E-state index contributed by atoms with van der Waals surface area (Å²) in [7, 11) is 0. The zero-order valence-electron chi connectivity index (χ0n) is 33.4. The highest BCUT2D eigenvalue weighted by molar-refractivity contribution is 6.31. The fourth-order valence-corrected chi connectivity index (χ4v) is 9.88.